The van der Waals surface area contributed by atoms with Gasteiger partial charge in [0, 0.05) is 10.9 Å². The molecule has 0 aromatic heterocycles. The van der Waals surface area contributed by atoms with Crippen LogP contribution in [0.15, 0.2) is 84.9 Å². The van der Waals surface area contributed by atoms with Gasteiger partial charge in [0.1, 0.15) is 0 Å². The van der Waals surface area contributed by atoms with Crippen LogP contribution < -0.4 is 0 Å². The minimum absolute atomic E-state index is 0.108. The molecule has 1 atom stereocenters. The van der Waals surface area contributed by atoms with E-state index in [0.29, 0.717) is 5.02 Å². The summed E-state index contributed by atoms with van der Waals surface area (Å²) in [6, 6.07) is 27.6. The smallest absolute Gasteiger partial charge is 0.0899 e. The van der Waals surface area contributed by atoms with Gasteiger partial charge in [-0.25, -0.2) is 0 Å². The minimum atomic E-state index is -0.623. The molecular weight excluding hydrogens is 292 g/mol. The third-order valence-electron chi connectivity index (χ3n) is 3.84. The van der Waals surface area contributed by atoms with E-state index in [9.17, 15) is 5.11 Å². The molecule has 0 heterocycles. The van der Waals surface area contributed by atoms with Gasteiger partial charge in [-0.1, -0.05) is 84.4 Å². The summed E-state index contributed by atoms with van der Waals surface area (Å²) in [7, 11) is 0. The summed E-state index contributed by atoms with van der Waals surface area (Å²) in [5.41, 5.74) is 3.05. The molecule has 2 heteroatoms. The van der Waals surface area contributed by atoms with Crippen molar-refractivity contribution in [1.29, 1.82) is 0 Å². The highest BCUT2D eigenvalue weighted by Crippen LogP contribution is 2.36. The molecule has 22 heavy (non-hydrogen) atoms. The largest absolute Gasteiger partial charge is 0.387 e. The molecule has 3 aromatic carbocycles. The van der Waals surface area contributed by atoms with Gasteiger partial charge in [-0.2, -0.15) is 0 Å². The highest BCUT2D eigenvalue weighted by atomic mass is 35.5. The first kappa shape index (κ1) is 14.8. The zero-order chi connectivity index (χ0) is 15.4. The molecule has 110 valence electrons. The van der Waals surface area contributed by atoms with Crippen molar-refractivity contribution in [3.8, 4) is 0 Å². The SMILES string of the molecule is OC(c1ccc(Cl)cc1)C(c1ccccc1)c1ccccc1. The molecule has 3 aromatic rings. The quantitative estimate of drug-likeness (QED) is 0.702. The number of halogens is 1. The topological polar surface area (TPSA) is 20.2 Å². The van der Waals surface area contributed by atoms with Gasteiger partial charge >= 0.3 is 0 Å². The average molecular weight is 309 g/mol. The zero-order valence-corrected chi connectivity index (χ0v) is 12.8. The maximum absolute atomic E-state index is 10.9. The molecule has 0 amide bonds. The van der Waals surface area contributed by atoms with E-state index in [1.165, 1.54) is 0 Å². The standard InChI is InChI=1S/C20H17ClO/c21-18-13-11-17(12-14-18)20(22)19(15-7-3-1-4-8-15)16-9-5-2-6-10-16/h1-14,19-20,22H. The van der Waals surface area contributed by atoms with Gasteiger partial charge < -0.3 is 5.11 Å². The Morgan fingerprint density at radius 2 is 1.05 bits per heavy atom. The number of rotatable bonds is 4. The first-order chi connectivity index (χ1) is 10.8. The van der Waals surface area contributed by atoms with E-state index in [-0.39, 0.29) is 5.92 Å². The molecule has 0 aliphatic carbocycles. The van der Waals surface area contributed by atoms with Crippen LogP contribution >= 0.6 is 11.6 Å². The van der Waals surface area contributed by atoms with Gasteiger partial charge in [0.2, 0.25) is 0 Å². The number of benzene rings is 3. The van der Waals surface area contributed by atoms with Crippen LogP contribution in [0.4, 0.5) is 0 Å². The number of aliphatic hydroxyl groups excluding tert-OH is 1. The Hall–Kier alpha value is -2.09. The van der Waals surface area contributed by atoms with Crippen LogP contribution in [0.5, 0.6) is 0 Å². The first-order valence-electron chi connectivity index (χ1n) is 7.29. The first-order valence-corrected chi connectivity index (χ1v) is 7.67. The fraction of sp³-hybridized carbons (Fsp3) is 0.100. The van der Waals surface area contributed by atoms with E-state index in [0.717, 1.165) is 16.7 Å². The fourth-order valence-corrected chi connectivity index (χ4v) is 2.86. The summed E-state index contributed by atoms with van der Waals surface area (Å²) >= 11 is 5.95. The van der Waals surface area contributed by atoms with Crippen molar-refractivity contribution in [3.63, 3.8) is 0 Å². The van der Waals surface area contributed by atoms with E-state index in [1.807, 2.05) is 60.7 Å². The average Bonchev–Trinajstić information content (AvgIpc) is 2.57. The number of hydrogen-bond donors (Lipinski definition) is 1. The third kappa shape index (κ3) is 3.22. The van der Waals surface area contributed by atoms with Crippen LogP contribution in [0.3, 0.4) is 0 Å². The second-order valence-corrected chi connectivity index (χ2v) is 5.73. The number of aliphatic hydroxyl groups is 1. The van der Waals surface area contributed by atoms with Crippen molar-refractivity contribution in [2.24, 2.45) is 0 Å². The van der Waals surface area contributed by atoms with Gasteiger partial charge in [-0.3, -0.25) is 0 Å². The molecule has 0 aliphatic heterocycles. The monoisotopic (exact) mass is 308 g/mol. The predicted octanol–water partition coefficient (Wildman–Crippen LogP) is 5.21. The van der Waals surface area contributed by atoms with Crippen LogP contribution in [0.1, 0.15) is 28.7 Å². The Morgan fingerprint density at radius 1 is 0.591 bits per heavy atom. The normalized spacial score (nSPS) is 12.3. The maximum Gasteiger partial charge on any atom is 0.0899 e. The number of hydrogen-bond acceptors (Lipinski definition) is 1. The lowest BCUT2D eigenvalue weighted by atomic mass is 9.84. The van der Waals surface area contributed by atoms with Gasteiger partial charge in [0.25, 0.3) is 0 Å². The Kier molecular flexibility index (Phi) is 4.57. The Morgan fingerprint density at radius 3 is 1.50 bits per heavy atom. The van der Waals surface area contributed by atoms with E-state index in [2.05, 4.69) is 24.3 Å². The third-order valence-corrected chi connectivity index (χ3v) is 4.10. The maximum atomic E-state index is 10.9. The molecule has 3 rings (SSSR count). The Bertz CT molecular complexity index is 668. The van der Waals surface area contributed by atoms with Crippen LogP contribution in [-0.2, 0) is 0 Å². The molecule has 0 saturated carbocycles. The minimum Gasteiger partial charge on any atom is -0.387 e. The van der Waals surface area contributed by atoms with Crippen molar-refractivity contribution < 1.29 is 5.11 Å². The van der Waals surface area contributed by atoms with E-state index < -0.39 is 6.10 Å². The van der Waals surface area contributed by atoms with Crippen molar-refractivity contribution in [1.82, 2.24) is 0 Å². The molecule has 0 radical (unpaired) electrons. The van der Waals surface area contributed by atoms with Crippen molar-refractivity contribution in [2.45, 2.75) is 12.0 Å². The van der Waals surface area contributed by atoms with Gasteiger partial charge in [0.05, 0.1) is 6.10 Å². The van der Waals surface area contributed by atoms with Gasteiger partial charge in [-0.15, -0.1) is 0 Å². The van der Waals surface area contributed by atoms with Crippen molar-refractivity contribution in [3.05, 3.63) is 107 Å². The molecule has 0 aliphatic rings. The lowest BCUT2D eigenvalue weighted by molar-refractivity contribution is 0.159. The molecule has 0 fully saturated rings. The highest BCUT2D eigenvalue weighted by Gasteiger charge is 2.24. The lowest BCUT2D eigenvalue weighted by Gasteiger charge is -2.24. The van der Waals surface area contributed by atoms with E-state index in [1.54, 1.807) is 0 Å². The molecule has 1 unspecified atom stereocenters. The van der Waals surface area contributed by atoms with Crippen LogP contribution in [0.2, 0.25) is 5.02 Å². The molecule has 1 N–H and O–H groups in total. The van der Waals surface area contributed by atoms with Gasteiger partial charge in [0.15, 0.2) is 0 Å². The summed E-state index contributed by atoms with van der Waals surface area (Å²) in [6.07, 6.45) is -0.623. The highest BCUT2D eigenvalue weighted by molar-refractivity contribution is 6.30. The summed E-state index contributed by atoms with van der Waals surface area (Å²) in [5.74, 6) is -0.108. The molecule has 0 spiro atoms. The van der Waals surface area contributed by atoms with Gasteiger partial charge in [-0.05, 0) is 28.8 Å². The summed E-state index contributed by atoms with van der Waals surface area (Å²) < 4.78 is 0. The van der Waals surface area contributed by atoms with E-state index in [4.69, 9.17) is 11.6 Å². The van der Waals surface area contributed by atoms with Crippen LogP contribution in [0, 0.1) is 0 Å². The van der Waals surface area contributed by atoms with Crippen molar-refractivity contribution >= 4 is 11.6 Å². The Balaban J connectivity index is 2.04. The van der Waals surface area contributed by atoms with Crippen molar-refractivity contribution in [2.75, 3.05) is 0 Å². The van der Waals surface area contributed by atoms with Crippen LogP contribution in [0.25, 0.3) is 0 Å². The summed E-state index contributed by atoms with van der Waals surface area (Å²) in [4.78, 5) is 0. The lowest BCUT2D eigenvalue weighted by Crippen LogP contribution is -2.12. The summed E-state index contributed by atoms with van der Waals surface area (Å²) in [6.45, 7) is 0. The molecule has 0 bridgehead atoms. The second kappa shape index (κ2) is 6.78. The zero-order valence-electron chi connectivity index (χ0n) is 12.1. The second-order valence-electron chi connectivity index (χ2n) is 5.30. The Labute approximate surface area is 135 Å². The van der Waals surface area contributed by atoms with E-state index >= 15 is 0 Å². The predicted molar refractivity (Wildman–Crippen MR) is 91.1 cm³/mol. The fourth-order valence-electron chi connectivity index (χ4n) is 2.73. The summed E-state index contributed by atoms with van der Waals surface area (Å²) in [5, 5.41) is 11.6. The van der Waals surface area contributed by atoms with Crippen LogP contribution in [-0.4, -0.2) is 5.11 Å². The molecular formula is C20H17ClO. The molecule has 1 nitrogen and oxygen atoms in total. The molecule has 0 saturated heterocycles.